The Hall–Kier alpha value is -0.120. The van der Waals surface area contributed by atoms with Crippen LogP contribution >= 0.6 is 0 Å². The molecule has 0 radical (unpaired) electrons. The Morgan fingerprint density at radius 1 is 0.722 bits per heavy atom. The average molecular weight is 253 g/mol. The lowest BCUT2D eigenvalue weighted by Gasteiger charge is -2.22. The molecular formula is C15H31N3. The third kappa shape index (κ3) is 3.06. The number of hydrogen-bond acceptors (Lipinski definition) is 3. The summed E-state index contributed by atoms with van der Waals surface area (Å²) < 4.78 is 0. The maximum atomic E-state index is 3.81. The molecule has 2 rings (SSSR count). The maximum Gasteiger partial charge on any atom is 0.0933 e. The van der Waals surface area contributed by atoms with Gasteiger partial charge in [-0.25, -0.2) is 10.0 Å². The Kier molecular flexibility index (Phi) is 4.35. The molecule has 2 aliphatic rings. The molecule has 0 aliphatic carbocycles. The highest BCUT2D eigenvalue weighted by molar-refractivity contribution is 4.99. The van der Waals surface area contributed by atoms with Gasteiger partial charge in [0.05, 0.1) is 18.5 Å². The van der Waals surface area contributed by atoms with Gasteiger partial charge >= 0.3 is 0 Å². The van der Waals surface area contributed by atoms with E-state index in [9.17, 15) is 0 Å². The smallest absolute Gasteiger partial charge is 0.0933 e. The van der Waals surface area contributed by atoms with E-state index in [2.05, 4.69) is 56.9 Å². The van der Waals surface area contributed by atoms with Gasteiger partial charge in [0.15, 0.2) is 0 Å². The van der Waals surface area contributed by atoms with Crippen molar-refractivity contribution in [2.45, 2.75) is 79.3 Å². The molecule has 4 unspecified atom stereocenters. The molecule has 2 aliphatic heterocycles. The fourth-order valence-electron chi connectivity index (χ4n) is 3.23. The van der Waals surface area contributed by atoms with Crippen LogP contribution in [0.4, 0.5) is 0 Å². The summed E-state index contributed by atoms with van der Waals surface area (Å²) >= 11 is 0. The Bertz CT molecular complexity index is 253. The van der Waals surface area contributed by atoms with Crippen LogP contribution in [0.15, 0.2) is 0 Å². The molecule has 1 N–H and O–H groups in total. The molecule has 18 heavy (non-hydrogen) atoms. The summed E-state index contributed by atoms with van der Waals surface area (Å²) in [6, 6.07) is 0. The van der Waals surface area contributed by atoms with Crippen LogP contribution in [0.3, 0.4) is 0 Å². The van der Waals surface area contributed by atoms with Gasteiger partial charge < -0.3 is 0 Å². The Balaban J connectivity index is 1.95. The van der Waals surface area contributed by atoms with Gasteiger partial charge in [-0.2, -0.15) is 0 Å². The van der Waals surface area contributed by atoms with E-state index in [0.29, 0.717) is 18.5 Å². The summed E-state index contributed by atoms with van der Waals surface area (Å²) in [7, 11) is 0. The fourth-order valence-corrected chi connectivity index (χ4v) is 3.23. The van der Waals surface area contributed by atoms with Gasteiger partial charge in [0.2, 0.25) is 0 Å². The average Bonchev–Trinajstić information content (AvgIpc) is 2.75. The molecule has 3 nitrogen and oxygen atoms in total. The van der Waals surface area contributed by atoms with Crippen LogP contribution in [0, 0.1) is 17.8 Å². The largest absolute Gasteiger partial charge is 0.284 e. The predicted molar refractivity (Wildman–Crippen MR) is 76.5 cm³/mol. The molecule has 106 valence electrons. The minimum Gasteiger partial charge on any atom is -0.284 e. The second-order valence-electron chi connectivity index (χ2n) is 7.33. The second kappa shape index (κ2) is 5.48. The molecule has 0 aromatic carbocycles. The van der Waals surface area contributed by atoms with Crippen LogP contribution in [0.25, 0.3) is 0 Å². The first-order chi connectivity index (χ1) is 8.40. The zero-order chi connectivity index (χ0) is 13.4. The molecule has 0 saturated carbocycles. The molecule has 0 amide bonds. The van der Waals surface area contributed by atoms with Crippen molar-refractivity contribution in [3.63, 3.8) is 0 Å². The summed E-state index contributed by atoms with van der Waals surface area (Å²) in [5, 5.41) is 9.02. The first-order valence-corrected chi connectivity index (χ1v) is 7.72. The van der Waals surface area contributed by atoms with Crippen molar-refractivity contribution in [3.8, 4) is 0 Å². The van der Waals surface area contributed by atoms with E-state index in [1.165, 1.54) is 19.3 Å². The van der Waals surface area contributed by atoms with Crippen molar-refractivity contribution in [2.24, 2.45) is 17.8 Å². The standard InChI is InChI=1S/C15H31N3/c1-10(2)7-13-16-14(8-11(3)4)18-15(17(13)18)9-12(5)6/h10-16H,7-9H2,1-6H3. The van der Waals surface area contributed by atoms with Crippen molar-refractivity contribution >= 4 is 0 Å². The van der Waals surface area contributed by atoms with E-state index in [4.69, 9.17) is 0 Å². The highest BCUT2D eigenvalue weighted by Crippen LogP contribution is 2.42. The summed E-state index contributed by atoms with van der Waals surface area (Å²) in [5.74, 6) is 2.32. The third-order valence-corrected chi connectivity index (χ3v) is 3.92. The Labute approximate surface area is 113 Å². The predicted octanol–water partition coefficient (Wildman–Crippen LogP) is 3.24. The van der Waals surface area contributed by atoms with Gasteiger partial charge in [-0.1, -0.05) is 41.5 Å². The van der Waals surface area contributed by atoms with E-state index in [-0.39, 0.29) is 0 Å². The molecule has 2 fully saturated rings. The molecule has 0 aromatic heterocycles. The monoisotopic (exact) mass is 253 g/mol. The molecule has 0 aromatic rings. The van der Waals surface area contributed by atoms with E-state index in [1.807, 2.05) is 0 Å². The van der Waals surface area contributed by atoms with Crippen molar-refractivity contribution in [3.05, 3.63) is 0 Å². The van der Waals surface area contributed by atoms with Crippen LogP contribution < -0.4 is 5.32 Å². The summed E-state index contributed by atoms with van der Waals surface area (Å²) in [6.45, 7) is 14.0. The lowest BCUT2D eigenvalue weighted by atomic mass is 10.0. The highest BCUT2D eigenvalue weighted by atomic mass is 15.9. The van der Waals surface area contributed by atoms with Crippen LogP contribution in [0.2, 0.25) is 0 Å². The van der Waals surface area contributed by atoms with Crippen molar-refractivity contribution < 1.29 is 0 Å². The molecule has 0 spiro atoms. The minimum absolute atomic E-state index is 0.581. The minimum atomic E-state index is 0.581. The number of hydrogen-bond donors (Lipinski definition) is 1. The van der Waals surface area contributed by atoms with Crippen LogP contribution in [-0.2, 0) is 0 Å². The zero-order valence-corrected chi connectivity index (χ0v) is 13.0. The van der Waals surface area contributed by atoms with Crippen LogP contribution in [0.1, 0.15) is 60.8 Å². The molecule has 3 heteroatoms. The highest BCUT2D eigenvalue weighted by Gasteiger charge is 2.58. The van der Waals surface area contributed by atoms with Crippen molar-refractivity contribution in [2.75, 3.05) is 0 Å². The maximum absolute atomic E-state index is 3.81. The number of hydrazine groups is 1. The summed E-state index contributed by atoms with van der Waals surface area (Å²) in [5.41, 5.74) is 0. The quantitative estimate of drug-likeness (QED) is 0.733. The number of nitrogens with zero attached hydrogens (tertiary/aromatic N) is 2. The van der Waals surface area contributed by atoms with E-state index >= 15 is 0 Å². The van der Waals surface area contributed by atoms with Gasteiger partial charge in [0, 0.05) is 0 Å². The molecule has 2 saturated heterocycles. The first kappa shape index (κ1) is 14.3. The SMILES string of the molecule is CC(C)CC1NC(CC(C)C)N2C(CC(C)C)N12. The second-order valence-corrected chi connectivity index (χ2v) is 7.33. The first-order valence-electron chi connectivity index (χ1n) is 7.72. The lowest BCUT2D eigenvalue weighted by Crippen LogP contribution is -2.41. The van der Waals surface area contributed by atoms with Crippen LogP contribution in [0.5, 0.6) is 0 Å². The Morgan fingerprint density at radius 2 is 1.11 bits per heavy atom. The normalized spacial score (nSPS) is 38.8. The number of rotatable bonds is 6. The van der Waals surface area contributed by atoms with E-state index in [1.54, 1.807) is 0 Å². The summed E-state index contributed by atoms with van der Waals surface area (Å²) in [6.07, 6.45) is 5.71. The molecular weight excluding hydrogens is 222 g/mol. The number of fused-ring (bicyclic) bond motifs is 1. The van der Waals surface area contributed by atoms with E-state index < -0.39 is 0 Å². The molecule has 2 heterocycles. The van der Waals surface area contributed by atoms with Gasteiger partial charge in [-0.15, -0.1) is 0 Å². The summed E-state index contributed by atoms with van der Waals surface area (Å²) in [4.78, 5) is 0. The topological polar surface area (TPSA) is 18.0 Å². The lowest BCUT2D eigenvalue weighted by molar-refractivity contribution is 0.273. The fraction of sp³-hybridized carbons (Fsp3) is 1.00. The van der Waals surface area contributed by atoms with E-state index in [0.717, 1.165) is 17.8 Å². The van der Waals surface area contributed by atoms with Gasteiger partial charge in [0.25, 0.3) is 0 Å². The third-order valence-electron chi connectivity index (χ3n) is 3.92. The van der Waals surface area contributed by atoms with Gasteiger partial charge in [-0.3, -0.25) is 5.32 Å². The van der Waals surface area contributed by atoms with Crippen LogP contribution in [-0.4, -0.2) is 28.5 Å². The van der Waals surface area contributed by atoms with Gasteiger partial charge in [0.1, 0.15) is 0 Å². The van der Waals surface area contributed by atoms with Crippen molar-refractivity contribution in [1.29, 1.82) is 0 Å². The Morgan fingerprint density at radius 3 is 1.44 bits per heavy atom. The van der Waals surface area contributed by atoms with Crippen molar-refractivity contribution in [1.82, 2.24) is 15.3 Å². The van der Waals surface area contributed by atoms with Gasteiger partial charge in [-0.05, 0) is 37.0 Å². The zero-order valence-electron chi connectivity index (χ0n) is 13.0. The molecule has 4 atom stereocenters. The number of nitrogens with one attached hydrogen (secondary N) is 1. The molecule has 0 bridgehead atoms.